The molecule has 5 nitrogen and oxygen atoms in total. The minimum absolute atomic E-state index is 0.113. The molecule has 0 saturated heterocycles. The normalized spacial score (nSPS) is 12.0. The second-order valence-corrected chi connectivity index (χ2v) is 6.37. The van der Waals surface area contributed by atoms with E-state index in [1.807, 2.05) is 30.3 Å². The lowest BCUT2D eigenvalue weighted by molar-refractivity contribution is 0.475. The van der Waals surface area contributed by atoms with Gasteiger partial charge in [0, 0.05) is 11.8 Å². The molecule has 0 fully saturated rings. The van der Waals surface area contributed by atoms with E-state index in [1.165, 1.54) is 30.5 Å². The van der Waals surface area contributed by atoms with Crippen LogP contribution < -0.4 is 0 Å². The summed E-state index contributed by atoms with van der Waals surface area (Å²) >= 11 is 0. The lowest BCUT2D eigenvalue weighted by Crippen LogP contribution is -1.96. The Morgan fingerprint density at radius 1 is 0.913 bits per heavy atom. The summed E-state index contributed by atoms with van der Waals surface area (Å²) in [6.07, 6.45) is 1.53. The van der Waals surface area contributed by atoms with Crippen molar-refractivity contribution in [2.75, 3.05) is 0 Å². The molecular formula is C17H13NO4S. The largest absolute Gasteiger partial charge is 0.507 e. The molecule has 2 N–H and O–H groups in total. The van der Waals surface area contributed by atoms with Crippen molar-refractivity contribution in [3.63, 3.8) is 0 Å². The summed E-state index contributed by atoms with van der Waals surface area (Å²) < 4.78 is 30.9. The highest BCUT2D eigenvalue weighted by Crippen LogP contribution is 2.26. The molecule has 0 bridgehead atoms. The van der Waals surface area contributed by atoms with Gasteiger partial charge in [0.1, 0.15) is 5.75 Å². The van der Waals surface area contributed by atoms with Crippen molar-refractivity contribution in [1.29, 1.82) is 0 Å². The fraction of sp³-hybridized carbons (Fsp3) is 0. The van der Waals surface area contributed by atoms with Gasteiger partial charge in [0.15, 0.2) is 0 Å². The fourth-order valence-corrected chi connectivity index (χ4v) is 2.74. The average Bonchev–Trinajstić information content (AvgIpc) is 2.53. The number of hydrogen-bond acceptors (Lipinski definition) is 4. The first kappa shape index (κ1) is 15.2. The monoisotopic (exact) mass is 327 g/mol. The van der Waals surface area contributed by atoms with E-state index in [0.717, 1.165) is 10.8 Å². The molecule has 0 atom stereocenters. The zero-order valence-corrected chi connectivity index (χ0v) is 12.7. The Kier molecular flexibility index (Phi) is 3.85. The van der Waals surface area contributed by atoms with E-state index in [9.17, 15) is 13.5 Å². The predicted octanol–water partition coefficient (Wildman–Crippen LogP) is 3.54. The van der Waals surface area contributed by atoms with Crippen LogP contribution in [-0.4, -0.2) is 24.3 Å². The zero-order chi connectivity index (χ0) is 16.4. The smallest absolute Gasteiger partial charge is 0.294 e. The van der Waals surface area contributed by atoms with Gasteiger partial charge in [0.2, 0.25) is 0 Å². The maximum Gasteiger partial charge on any atom is 0.294 e. The Balaban J connectivity index is 1.99. The van der Waals surface area contributed by atoms with E-state index < -0.39 is 10.1 Å². The third-order valence-corrected chi connectivity index (χ3v) is 4.29. The van der Waals surface area contributed by atoms with Gasteiger partial charge in [-0.2, -0.15) is 8.42 Å². The Morgan fingerprint density at radius 2 is 1.61 bits per heavy atom. The minimum atomic E-state index is -4.21. The molecule has 3 aromatic carbocycles. The Morgan fingerprint density at radius 3 is 2.30 bits per heavy atom. The molecule has 0 saturated carbocycles. The van der Waals surface area contributed by atoms with Crippen LogP contribution >= 0.6 is 0 Å². The highest BCUT2D eigenvalue weighted by atomic mass is 32.2. The van der Waals surface area contributed by atoms with Crippen molar-refractivity contribution in [1.82, 2.24) is 0 Å². The van der Waals surface area contributed by atoms with E-state index in [1.54, 1.807) is 6.07 Å². The molecule has 0 radical (unpaired) electrons. The van der Waals surface area contributed by atoms with Gasteiger partial charge in [-0.3, -0.25) is 9.55 Å². The van der Waals surface area contributed by atoms with Gasteiger partial charge in [-0.15, -0.1) is 0 Å². The molecule has 0 spiro atoms. The van der Waals surface area contributed by atoms with Crippen molar-refractivity contribution < 1.29 is 18.1 Å². The van der Waals surface area contributed by atoms with Gasteiger partial charge < -0.3 is 5.11 Å². The van der Waals surface area contributed by atoms with E-state index in [4.69, 9.17) is 4.55 Å². The summed E-state index contributed by atoms with van der Waals surface area (Å²) in [4.78, 5) is 4.06. The maximum atomic E-state index is 11.0. The summed E-state index contributed by atoms with van der Waals surface area (Å²) in [5.41, 5.74) is 1.09. The SMILES string of the molecule is O=S(=O)(O)c1ccc(N=Cc2c(O)ccc3ccccc23)cc1. The van der Waals surface area contributed by atoms with Gasteiger partial charge in [0.25, 0.3) is 10.1 Å². The lowest BCUT2D eigenvalue weighted by Gasteiger charge is -2.04. The molecule has 0 aliphatic carbocycles. The first-order chi connectivity index (χ1) is 10.9. The predicted molar refractivity (Wildman–Crippen MR) is 89.1 cm³/mol. The third-order valence-electron chi connectivity index (χ3n) is 3.42. The Bertz CT molecular complexity index is 993. The van der Waals surface area contributed by atoms with Crippen LogP contribution in [0.25, 0.3) is 10.8 Å². The number of phenolic OH excluding ortho intramolecular Hbond substituents is 1. The Hall–Kier alpha value is -2.70. The van der Waals surface area contributed by atoms with Gasteiger partial charge in [-0.05, 0) is 41.1 Å². The van der Waals surface area contributed by atoms with Gasteiger partial charge in [-0.25, -0.2) is 0 Å². The number of aromatic hydroxyl groups is 1. The molecule has 0 amide bonds. The number of fused-ring (bicyclic) bond motifs is 1. The number of aliphatic imine (C=N–C) groups is 1. The molecule has 0 heterocycles. The summed E-state index contributed by atoms with van der Waals surface area (Å²) in [6, 6.07) is 16.5. The standard InChI is InChI=1S/C17H13NO4S/c19-17-10-5-12-3-1-2-4-15(12)16(17)11-18-13-6-8-14(9-7-13)23(20,21)22/h1-11,19H,(H,20,21,22). The maximum absolute atomic E-state index is 11.0. The topological polar surface area (TPSA) is 87.0 Å². The van der Waals surface area contributed by atoms with Crippen LogP contribution in [0.2, 0.25) is 0 Å². The number of rotatable bonds is 3. The second-order valence-electron chi connectivity index (χ2n) is 4.95. The van der Waals surface area contributed by atoms with E-state index in [-0.39, 0.29) is 10.6 Å². The molecular weight excluding hydrogens is 314 g/mol. The van der Waals surface area contributed by atoms with Crippen molar-refractivity contribution in [3.05, 3.63) is 66.2 Å². The van der Waals surface area contributed by atoms with Crippen molar-refractivity contribution in [2.24, 2.45) is 4.99 Å². The number of phenols is 1. The summed E-state index contributed by atoms with van der Waals surface area (Å²) in [5.74, 6) is 0.113. The van der Waals surface area contributed by atoms with Gasteiger partial charge in [0.05, 0.1) is 10.6 Å². The highest BCUT2D eigenvalue weighted by molar-refractivity contribution is 7.85. The van der Waals surface area contributed by atoms with Crippen molar-refractivity contribution in [3.8, 4) is 5.75 Å². The molecule has 3 aromatic rings. The van der Waals surface area contributed by atoms with E-state index >= 15 is 0 Å². The van der Waals surface area contributed by atoms with Crippen LogP contribution in [0.3, 0.4) is 0 Å². The van der Waals surface area contributed by atoms with Crippen LogP contribution in [0, 0.1) is 0 Å². The Labute approximate surface area is 133 Å². The molecule has 0 aliphatic rings. The molecule has 23 heavy (non-hydrogen) atoms. The lowest BCUT2D eigenvalue weighted by atomic mass is 10.0. The second kappa shape index (κ2) is 5.83. The minimum Gasteiger partial charge on any atom is -0.507 e. The molecule has 0 unspecified atom stereocenters. The van der Waals surface area contributed by atoms with Gasteiger partial charge >= 0.3 is 0 Å². The number of hydrogen-bond donors (Lipinski definition) is 2. The first-order valence-electron chi connectivity index (χ1n) is 6.77. The summed E-state index contributed by atoms with van der Waals surface area (Å²) in [6.45, 7) is 0. The summed E-state index contributed by atoms with van der Waals surface area (Å²) in [5, 5.41) is 11.9. The fourth-order valence-electron chi connectivity index (χ4n) is 2.26. The first-order valence-corrected chi connectivity index (χ1v) is 8.21. The van der Waals surface area contributed by atoms with Gasteiger partial charge in [-0.1, -0.05) is 30.3 Å². The third kappa shape index (κ3) is 3.23. The van der Waals surface area contributed by atoms with Crippen LogP contribution in [0.15, 0.2) is 70.6 Å². The summed E-state index contributed by atoms with van der Waals surface area (Å²) in [7, 11) is -4.21. The average molecular weight is 327 g/mol. The molecule has 116 valence electrons. The van der Waals surface area contributed by atoms with E-state index in [0.29, 0.717) is 11.3 Å². The molecule has 6 heteroatoms. The van der Waals surface area contributed by atoms with Crippen LogP contribution in [-0.2, 0) is 10.1 Å². The van der Waals surface area contributed by atoms with Crippen LogP contribution in [0.5, 0.6) is 5.75 Å². The number of benzene rings is 3. The van der Waals surface area contributed by atoms with E-state index in [2.05, 4.69) is 4.99 Å². The molecule has 0 aliphatic heterocycles. The van der Waals surface area contributed by atoms with Crippen LogP contribution in [0.4, 0.5) is 5.69 Å². The molecule has 3 rings (SSSR count). The molecule has 0 aromatic heterocycles. The zero-order valence-electron chi connectivity index (χ0n) is 11.9. The highest BCUT2D eigenvalue weighted by Gasteiger charge is 2.08. The number of nitrogens with zero attached hydrogens (tertiary/aromatic N) is 1. The van der Waals surface area contributed by atoms with Crippen molar-refractivity contribution in [2.45, 2.75) is 4.90 Å². The van der Waals surface area contributed by atoms with Crippen molar-refractivity contribution >= 4 is 32.8 Å². The quantitative estimate of drug-likeness (QED) is 0.569. The van der Waals surface area contributed by atoms with Crippen LogP contribution in [0.1, 0.15) is 5.56 Å².